The second kappa shape index (κ2) is 12.6. The SMILES string of the molecule is COc1ccc(C(=O)Oc2ccc(Br)cc2C=NNC(=O)C(=O)Nc2sc3c(c2C#N)CCCC3)cc1OC. The van der Waals surface area contributed by atoms with Crippen LogP contribution in [0.5, 0.6) is 17.2 Å². The van der Waals surface area contributed by atoms with E-state index in [4.69, 9.17) is 14.2 Å². The Labute approximate surface area is 236 Å². The smallest absolute Gasteiger partial charge is 0.343 e. The maximum absolute atomic E-state index is 12.8. The molecule has 0 saturated heterocycles. The summed E-state index contributed by atoms with van der Waals surface area (Å²) in [6.07, 6.45) is 4.90. The van der Waals surface area contributed by atoms with Gasteiger partial charge < -0.3 is 19.5 Å². The molecule has 1 aliphatic carbocycles. The number of carbonyl (C=O) groups excluding carboxylic acids is 3. The van der Waals surface area contributed by atoms with Crippen molar-refractivity contribution in [3.05, 3.63) is 68.0 Å². The lowest BCUT2D eigenvalue weighted by molar-refractivity contribution is -0.136. The number of thiophene rings is 1. The first kappa shape index (κ1) is 27.8. The summed E-state index contributed by atoms with van der Waals surface area (Å²) in [5.41, 5.74) is 4.12. The molecule has 1 heterocycles. The minimum atomic E-state index is -1.01. The first-order valence-corrected chi connectivity index (χ1v) is 13.4. The molecule has 2 N–H and O–H groups in total. The summed E-state index contributed by atoms with van der Waals surface area (Å²) in [6.45, 7) is 0. The molecule has 4 rings (SSSR count). The average Bonchev–Trinajstić information content (AvgIpc) is 3.30. The summed E-state index contributed by atoms with van der Waals surface area (Å²) in [4.78, 5) is 38.7. The van der Waals surface area contributed by atoms with E-state index in [0.29, 0.717) is 32.1 Å². The lowest BCUT2D eigenvalue weighted by atomic mass is 9.96. The van der Waals surface area contributed by atoms with Crippen molar-refractivity contribution < 1.29 is 28.6 Å². The van der Waals surface area contributed by atoms with E-state index in [2.05, 4.69) is 37.8 Å². The van der Waals surface area contributed by atoms with Crippen LogP contribution in [0.2, 0.25) is 0 Å². The number of aryl methyl sites for hydroxylation is 1. The highest BCUT2D eigenvalue weighted by atomic mass is 79.9. The van der Waals surface area contributed by atoms with Gasteiger partial charge in [-0.3, -0.25) is 9.59 Å². The summed E-state index contributed by atoms with van der Waals surface area (Å²) in [6, 6.07) is 11.6. The Morgan fingerprint density at radius 1 is 1.03 bits per heavy atom. The molecule has 0 saturated carbocycles. The Balaban J connectivity index is 1.43. The van der Waals surface area contributed by atoms with E-state index >= 15 is 0 Å². The van der Waals surface area contributed by atoms with E-state index in [-0.39, 0.29) is 11.3 Å². The van der Waals surface area contributed by atoms with Crippen LogP contribution in [0.3, 0.4) is 0 Å². The van der Waals surface area contributed by atoms with E-state index in [1.807, 2.05) is 0 Å². The van der Waals surface area contributed by atoms with Crippen LogP contribution in [0.25, 0.3) is 0 Å². The summed E-state index contributed by atoms with van der Waals surface area (Å²) in [7, 11) is 2.95. The van der Waals surface area contributed by atoms with Crippen molar-refractivity contribution in [3.8, 4) is 23.3 Å². The number of amides is 2. The number of methoxy groups -OCH3 is 2. The van der Waals surface area contributed by atoms with Gasteiger partial charge in [0.2, 0.25) is 0 Å². The summed E-state index contributed by atoms with van der Waals surface area (Å²) >= 11 is 4.67. The Kier molecular flexibility index (Phi) is 8.96. The molecule has 0 bridgehead atoms. The van der Waals surface area contributed by atoms with E-state index < -0.39 is 17.8 Å². The number of carbonyl (C=O) groups is 3. The van der Waals surface area contributed by atoms with Crippen LogP contribution in [-0.4, -0.2) is 38.2 Å². The molecule has 0 fully saturated rings. The average molecular weight is 611 g/mol. The highest BCUT2D eigenvalue weighted by Crippen LogP contribution is 2.37. The van der Waals surface area contributed by atoms with Gasteiger partial charge in [-0.2, -0.15) is 10.4 Å². The van der Waals surface area contributed by atoms with Gasteiger partial charge in [0.1, 0.15) is 16.8 Å². The molecule has 2 aromatic carbocycles. The molecule has 0 spiro atoms. The van der Waals surface area contributed by atoms with Crippen molar-refractivity contribution in [1.29, 1.82) is 5.26 Å². The number of esters is 1. The topological polar surface area (TPSA) is 139 Å². The first-order valence-electron chi connectivity index (χ1n) is 11.8. The van der Waals surface area contributed by atoms with Gasteiger partial charge in [0, 0.05) is 14.9 Å². The molecule has 200 valence electrons. The van der Waals surface area contributed by atoms with Gasteiger partial charge in [-0.05, 0) is 67.6 Å². The second-order valence-electron chi connectivity index (χ2n) is 8.32. The number of hydrogen-bond acceptors (Lipinski definition) is 9. The maximum Gasteiger partial charge on any atom is 0.343 e. The number of benzene rings is 2. The van der Waals surface area contributed by atoms with Gasteiger partial charge in [-0.1, -0.05) is 15.9 Å². The number of hydrazone groups is 1. The largest absolute Gasteiger partial charge is 0.493 e. The first-order chi connectivity index (χ1) is 18.8. The number of nitrogens with zero attached hydrogens (tertiary/aromatic N) is 2. The van der Waals surface area contributed by atoms with Gasteiger partial charge in [-0.25, -0.2) is 10.2 Å². The zero-order valence-corrected chi connectivity index (χ0v) is 23.4. The third-order valence-corrected chi connectivity index (χ3v) is 7.58. The molecule has 1 aliphatic rings. The molecule has 0 aliphatic heterocycles. The fraction of sp³-hybridized carbons (Fsp3) is 0.222. The molecule has 12 heteroatoms. The van der Waals surface area contributed by atoms with Crippen molar-refractivity contribution in [3.63, 3.8) is 0 Å². The van der Waals surface area contributed by atoms with Crippen molar-refractivity contribution in [2.45, 2.75) is 25.7 Å². The van der Waals surface area contributed by atoms with Crippen LogP contribution < -0.4 is 25.0 Å². The van der Waals surface area contributed by atoms with Crippen LogP contribution >= 0.6 is 27.3 Å². The fourth-order valence-corrected chi connectivity index (χ4v) is 5.59. The van der Waals surface area contributed by atoms with Gasteiger partial charge >= 0.3 is 17.8 Å². The Morgan fingerprint density at radius 3 is 2.51 bits per heavy atom. The number of nitrogens with one attached hydrogen (secondary N) is 2. The number of nitriles is 1. The van der Waals surface area contributed by atoms with Crippen LogP contribution in [0.15, 0.2) is 46.0 Å². The number of fused-ring (bicyclic) bond motifs is 1. The number of ether oxygens (including phenoxy) is 3. The molecule has 3 aromatic rings. The highest BCUT2D eigenvalue weighted by molar-refractivity contribution is 9.10. The molecule has 0 unspecified atom stereocenters. The molecule has 1 aromatic heterocycles. The normalized spacial score (nSPS) is 12.3. The quantitative estimate of drug-likeness (QED) is 0.131. The van der Waals surface area contributed by atoms with Gasteiger partial charge in [0.15, 0.2) is 11.5 Å². The molecular weight excluding hydrogens is 588 g/mol. The molecule has 0 atom stereocenters. The van der Waals surface area contributed by atoms with Crippen molar-refractivity contribution in [1.82, 2.24) is 5.43 Å². The predicted octanol–water partition coefficient (Wildman–Crippen LogP) is 4.59. The predicted molar refractivity (Wildman–Crippen MR) is 149 cm³/mol. The second-order valence-corrected chi connectivity index (χ2v) is 10.3. The molecule has 2 amide bonds. The van der Waals surface area contributed by atoms with E-state index in [0.717, 1.165) is 36.1 Å². The van der Waals surface area contributed by atoms with Gasteiger partial charge in [0.25, 0.3) is 0 Å². The summed E-state index contributed by atoms with van der Waals surface area (Å²) < 4.78 is 16.6. The summed E-state index contributed by atoms with van der Waals surface area (Å²) in [5, 5.41) is 16.3. The van der Waals surface area contributed by atoms with Crippen molar-refractivity contribution in [2.24, 2.45) is 5.10 Å². The van der Waals surface area contributed by atoms with Crippen LogP contribution in [0.1, 0.15) is 44.8 Å². The molecular formula is C27H23BrN4O6S. The lowest BCUT2D eigenvalue weighted by Gasteiger charge is -2.11. The highest BCUT2D eigenvalue weighted by Gasteiger charge is 2.23. The molecule has 39 heavy (non-hydrogen) atoms. The number of anilines is 1. The van der Waals surface area contributed by atoms with E-state index in [1.165, 1.54) is 43.9 Å². The summed E-state index contributed by atoms with van der Waals surface area (Å²) in [5.74, 6) is -1.61. The fourth-order valence-electron chi connectivity index (χ4n) is 3.98. The zero-order chi connectivity index (χ0) is 27.9. The third kappa shape index (κ3) is 6.45. The maximum atomic E-state index is 12.8. The van der Waals surface area contributed by atoms with E-state index in [9.17, 15) is 19.6 Å². The van der Waals surface area contributed by atoms with Gasteiger partial charge in [0.05, 0.1) is 31.6 Å². The number of hydrogen-bond donors (Lipinski definition) is 2. The molecule has 10 nitrogen and oxygen atoms in total. The Bertz CT molecular complexity index is 1510. The van der Waals surface area contributed by atoms with Crippen LogP contribution in [0.4, 0.5) is 5.00 Å². The third-order valence-electron chi connectivity index (χ3n) is 5.88. The standard InChI is InChI=1S/C27H23BrN4O6S/c1-36-21-9-7-15(12-22(21)37-2)27(35)38-20-10-8-17(28)11-16(20)14-30-32-25(34)24(33)31-26-19(13-29)18-5-3-4-6-23(18)39-26/h7-12,14H,3-6H2,1-2H3,(H,31,33)(H,32,34). The van der Waals surface area contributed by atoms with Gasteiger partial charge in [-0.15, -0.1) is 11.3 Å². The van der Waals surface area contributed by atoms with E-state index in [1.54, 1.807) is 24.3 Å². The minimum absolute atomic E-state index is 0.170. The van der Waals surface area contributed by atoms with Crippen LogP contribution in [-0.2, 0) is 22.4 Å². The zero-order valence-electron chi connectivity index (χ0n) is 21.0. The van der Waals surface area contributed by atoms with Crippen molar-refractivity contribution in [2.75, 3.05) is 19.5 Å². The Morgan fingerprint density at radius 2 is 1.77 bits per heavy atom. The van der Waals surface area contributed by atoms with Crippen molar-refractivity contribution >= 4 is 56.3 Å². The number of rotatable bonds is 7. The number of halogens is 1. The molecule has 0 radical (unpaired) electrons. The Hall–Kier alpha value is -4.21. The monoisotopic (exact) mass is 610 g/mol. The minimum Gasteiger partial charge on any atom is -0.493 e. The lowest BCUT2D eigenvalue weighted by Crippen LogP contribution is -2.32. The van der Waals surface area contributed by atoms with Crippen LogP contribution in [0, 0.1) is 11.3 Å².